The van der Waals surface area contributed by atoms with Crippen LogP contribution in [0.4, 0.5) is 5.69 Å². The van der Waals surface area contributed by atoms with Gasteiger partial charge in [0, 0.05) is 12.6 Å². The maximum absolute atomic E-state index is 12.0. The molecule has 1 aliphatic rings. The highest BCUT2D eigenvalue weighted by atomic mass is 35.5. The highest BCUT2D eigenvalue weighted by Gasteiger charge is 2.22. The molecular formula is C12H16ClN3O. The van der Waals surface area contributed by atoms with E-state index in [0.29, 0.717) is 16.3 Å². The highest BCUT2D eigenvalue weighted by molar-refractivity contribution is 6.36. The molecule has 1 fully saturated rings. The fourth-order valence-corrected chi connectivity index (χ4v) is 2.25. The third-order valence-electron chi connectivity index (χ3n) is 3.00. The van der Waals surface area contributed by atoms with Crippen molar-refractivity contribution in [3.8, 4) is 0 Å². The molecule has 1 atom stereocenters. The molecular weight excluding hydrogens is 238 g/mol. The van der Waals surface area contributed by atoms with Crippen LogP contribution in [0.1, 0.15) is 16.8 Å². The Balaban J connectivity index is 2.07. The van der Waals surface area contributed by atoms with E-state index in [1.165, 1.54) is 0 Å². The third kappa shape index (κ3) is 2.70. The first-order valence-electron chi connectivity index (χ1n) is 5.61. The predicted molar refractivity (Wildman–Crippen MR) is 69.2 cm³/mol. The molecule has 0 radical (unpaired) electrons. The van der Waals surface area contributed by atoms with E-state index in [1.807, 2.05) is 7.05 Å². The fourth-order valence-electron chi connectivity index (χ4n) is 2.04. The van der Waals surface area contributed by atoms with Gasteiger partial charge >= 0.3 is 0 Å². The number of nitrogens with two attached hydrogens (primary N) is 1. The average molecular weight is 254 g/mol. The Morgan fingerprint density at radius 3 is 3.00 bits per heavy atom. The number of rotatable bonds is 2. The number of hydrogen-bond donors (Lipinski definition) is 2. The van der Waals surface area contributed by atoms with Gasteiger partial charge in [-0.05, 0) is 32.1 Å². The Morgan fingerprint density at radius 2 is 2.35 bits per heavy atom. The maximum atomic E-state index is 12.0. The molecule has 0 bridgehead atoms. The van der Waals surface area contributed by atoms with E-state index >= 15 is 0 Å². The highest BCUT2D eigenvalue weighted by Crippen LogP contribution is 2.23. The third-order valence-corrected chi connectivity index (χ3v) is 3.42. The first-order chi connectivity index (χ1) is 8.08. The fraction of sp³-hybridized carbons (Fsp3) is 0.417. The molecule has 0 aromatic heterocycles. The van der Waals surface area contributed by atoms with Crippen molar-refractivity contribution in [3.05, 3.63) is 28.8 Å². The molecule has 4 nitrogen and oxygen atoms in total. The SMILES string of the molecule is CN1CCC(NC(=O)c2cccc(N)c2Cl)C1. The predicted octanol–water partition coefficient (Wildman–Crippen LogP) is 1.36. The lowest BCUT2D eigenvalue weighted by atomic mass is 10.1. The van der Waals surface area contributed by atoms with Crippen LogP contribution in [0.5, 0.6) is 0 Å². The Labute approximate surface area is 106 Å². The van der Waals surface area contributed by atoms with Gasteiger partial charge in [0.15, 0.2) is 0 Å². The Hall–Kier alpha value is -1.26. The molecule has 17 heavy (non-hydrogen) atoms. The van der Waals surface area contributed by atoms with Crippen LogP contribution >= 0.6 is 11.6 Å². The van der Waals surface area contributed by atoms with Crippen molar-refractivity contribution in [3.63, 3.8) is 0 Å². The second kappa shape index (κ2) is 4.94. The second-order valence-electron chi connectivity index (χ2n) is 4.43. The summed E-state index contributed by atoms with van der Waals surface area (Å²) in [5, 5.41) is 3.30. The summed E-state index contributed by atoms with van der Waals surface area (Å²) in [5.74, 6) is -0.150. The van der Waals surface area contributed by atoms with E-state index in [2.05, 4.69) is 10.2 Å². The van der Waals surface area contributed by atoms with Crippen molar-refractivity contribution in [2.45, 2.75) is 12.5 Å². The number of nitrogens with zero attached hydrogens (tertiary/aromatic N) is 1. The van der Waals surface area contributed by atoms with E-state index in [1.54, 1.807) is 18.2 Å². The van der Waals surface area contributed by atoms with E-state index < -0.39 is 0 Å². The molecule has 1 aromatic carbocycles. The zero-order valence-corrected chi connectivity index (χ0v) is 10.5. The zero-order chi connectivity index (χ0) is 12.4. The molecule has 1 heterocycles. The van der Waals surface area contributed by atoms with Crippen molar-refractivity contribution >= 4 is 23.2 Å². The molecule has 92 valence electrons. The largest absolute Gasteiger partial charge is 0.398 e. The molecule has 1 aromatic rings. The second-order valence-corrected chi connectivity index (χ2v) is 4.81. The molecule has 0 aliphatic carbocycles. The topological polar surface area (TPSA) is 58.4 Å². The van der Waals surface area contributed by atoms with Gasteiger partial charge < -0.3 is 16.0 Å². The number of benzene rings is 1. The smallest absolute Gasteiger partial charge is 0.253 e. The van der Waals surface area contributed by atoms with Gasteiger partial charge in [-0.25, -0.2) is 0 Å². The average Bonchev–Trinajstić information content (AvgIpc) is 2.68. The number of likely N-dealkylation sites (tertiary alicyclic amines) is 1. The van der Waals surface area contributed by atoms with Gasteiger partial charge in [-0.3, -0.25) is 4.79 Å². The van der Waals surface area contributed by atoms with Crippen molar-refractivity contribution in [2.75, 3.05) is 25.9 Å². The number of amides is 1. The number of carbonyl (C=O) groups is 1. The van der Waals surface area contributed by atoms with Crippen LogP contribution in [-0.4, -0.2) is 37.0 Å². The van der Waals surface area contributed by atoms with Crippen LogP contribution in [0.2, 0.25) is 5.02 Å². The minimum absolute atomic E-state index is 0.150. The Kier molecular flexibility index (Phi) is 3.54. The summed E-state index contributed by atoms with van der Waals surface area (Å²) in [6.07, 6.45) is 0.974. The van der Waals surface area contributed by atoms with Gasteiger partial charge in [-0.1, -0.05) is 17.7 Å². The molecule has 5 heteroatoms. The van der Waals surface area contributed by atoms with Crippen molar-refractivity contribution in [1.29, 1.82) is 0 Å². The van der Waals surface area contributed by atoms with Crippen LogP contribution in [0.3, 0.4) is 0 Å². The van der Waals surface area contributed by atoms with Crippen LogP contribution in [-0.2, 0) is 0 Å². The van der Waals surface area contributed by atoms with Crippen molar-refractivity contribution < 1.29 is 4.79 Å². The summed E-state index contributed by atoms with van der Waals surface area (Å²) in [7, 11) is 2.04. The van der Waals surface area contributed by atoms with Gasteiger partial charge in [0.05, 0.1) is 16.3 Å². The van der Waals surface area contributed by atoms with E-state index in [0.717, 1.165) is 19.5 Å². The Morgan fingerprint density at radius 1 is 1.59 bits per heavy atom. The number of nitrogen functional groups attached to an aromatic ring is 1. The summed E-state index contributed by atoms with van der Waals surface area (Å²) < 4.78 is 0. The molecule has 0 spiro atoms. The summed E-state index contributed by atoms with van der Waals surface area (Å²) in [6.45, 7) is 1.89. The number of nitrogens with one attached hydrogen (secondary N) is 1. The first kappa shape index (κ1) is 12.2. The van der Waals surface area contributed by atoms with Crippen molar-refractivity contribution in [2.24, 2.45) is 0 Å². The molecule has 0 saturated carbocycles. The molecule has 1 amide bonds. The van der Waals surface area contributed by atoms with E-state index in [-0.39, 0.29) is 11.9 Å². The summed E-state index contributed by atoms with van der Waals surface area (Å²) in [4.78, 5) is 14.2. The Bertz CT molecular complexity index is 436. The lowest BCUT2D eigenvalue weighted by Gasteiger charge is -2.14. The van der Waals surface area contributed by atoms with Crippen LogP contribution < -0.4 is 11.1 Å². The number of hydrogen-bond acceptors (Lipinski definition) is 3. The summed E-state index contributed by atoms with van der Waals surface area (Å²) in [6, 6.07) is 5.30. The van der Waals surface area contributed by atoms with Gasteiger partial charge in [-0.2, -0.15) is 0 Å². The summed E-state index contributed by atoms with van der Waals surface area (Å²) in [5.41, 5.74) is 6.55. The lowest BCUT2D eigenvalue weighted by molar-refractivity contribution is 0.0938. The zero-order valence-electron chi connectivity index (χ0n) is 9.74. The van der Waals surface area contributed by atoms with Crippen molar-refractivity contribution in [1.82, 2.24) is 10.2 Å². The monoisotopic (exact) mass is 253 g/mol. The molecule has 3 N–H and O–H groups in total. The number of carbonyl (C=O) groups excluding carboxylic acids is 1. The van der Waals surface area contributed by atoms with E-state index in [9.17, 15) is 4.79 Å². The molecule has 2 rings (SSSR count). The number of likely N-dealkylation sites (N-methyl/N-ethyl adjacent to an activating group) is 1. The van der Waals surface area contributed by atoms with Crippen LogP contribution in [0.15, 0.2) is 18.2 Å². The minimum atomic E-state index is -0.150. The molecule has 1 saturated heterocycles. The first-order valence-corrected chi connectivity index (χ1v) is 5.99. The van der Waals surface area contributed by atoms with Gasteiger partial charge in [-0.15, -0.1) is 0 Å². The minimum Gasteiger partial charge on any atom is -0.398 e. The maximum Gasteiger partial charge on any atom is 0.253 e. The van der Waals surface area contributed by atoms with E-state index in [4.69, 9.17) is 17.3 Å². The standard InChI is InChI=1S/C12H16ClN3O/c1-16-6-5-8(7-16)15-12(17)9-3-2-4-10(14)11(9)13/h2-4,8H,5-7,14H2,1H3,(H,15,17). The molecule has 1 unspecified atom stereocenters. The van der Waals surface area contributed by atoms with Gasteiger partial charge in [0.25, 0.3) is 5.91 Å². The number of anilines is 1. The lowest BCUT2D eigenvalue weighted by Crippen LogP contribution is -2.36. The molecule has 1 aliphatic heterocycles. The van der Waals surface area contributed by atoms with Gasteiger partial charge in [0.1, 0.15) is 0 Å². The van der Waals surface area contributed by atoms with Gasteiger partial charge in [0.2, 0.25) is 0 Å². The van der Waals surface area contributed by atoms with Crippen LogP contribution in [0.25, 0.3) is 0 Å². The quantitative estimate of drug-likeness (QED) is 0.783. The van der Waals surface area contributed by atoms with Crippen LogP contribution in [0, 0.1) is 0 Å². The number of halogens is 1. The summed E-state index contributed by atoms with van der Waals surface area (Å²) >= 11 is 6.01. The normalized spacial score (nSPS) is 20.5.